The number of carbonyl (C=O) groups is 1. The summed E-state index contributed by atoms with van der Waals surface area (Å²) in [7, 11) is 0. The number of Topliss-reactive ketones (excluding diaryl/α,β-unsaturated/α-hetero) is 1. The van der Waals surface area contributed by atoms with E-state index in [0.29, 0.717) is 11.7 Å². The van der Waals surface area contributed by atoms with Gasteiger partial charge in [0.05, 0.1) is 0 Å². The van der Waals surface area contributed by atoms with E-state index < -0.39 is 0 Å². The van der Waals surface area contributed by atoms with Crippen molar-refractivity contribution in [1.82, 2.24) is 0 Å². The zero-order chi connectivity index (χ0) is 11.7. The molecular formula is C14H20O2. The summed E-state index contributed by atoms with van der Waals surface area (Å²) in [5.74, 6) is 3.15. The second-order valence-electron chi connectivity index (χ2n) is 5.24. The minimum Gasteiger partial charge on any atom is -0.458 e. The molecule has 3 unspecified atom stereocenters. The normalized spacial score (nSPS) is 30.3. The molecule has 2 heteroatoms. The molecule has 1 aromatic rings. The Hall–Kier alpha value is -1.05. The number of hydrogen-bond donors (Lipinski definition) is 0. The minimum absolute atomic E-state index is 0.178. The highest BCUT2D eigenvalue weighted by Crippen LogP contribution is 2.35. The molecule has 0 amide bonds. The van der Waals surface area contributed by atoms with Crippen molar-refractivity contribution in [3.05, 3.63) is 23.7 Å². The second-order valence-corrected chi connectivity index (χ2v) is 5.24. The van der Waals surface area contributed by atoms with Gasteiger partial charge in [-0.25, -0.2) is 0 Å². The SMILES string of the molecule is Cc1ccc(C(=O)C2CCC(C)C(C)C2)o1. The molecule has 1 saturated carbocycles. The number of hydrogen-bond acceptors (Lipinski definition) is 2. The lowest BCUT2D eigenvalue weighted by Crippen LogP contribution is -2.26. The molecule has 0 N–H and O–H groups in total. The van der Waals surface area contributed by atoms with Crippen LogP contribution in [0.2, 0.25) is 0 Å². The van der Waals surface area contributed by atoms with Crippen molar-refractivity contribution in [2.24, 2.45) is 17.8 Å². The fourth-order valence-corrected chi connectivity index (χ4v) is 2.55. The largest absolute Gasteiger partial charge is 0.458 e. The molecule has 2 rings (SSSR count). The monoisotopic (exact) mass is 220 g/mol. The Bertz CT molecular complexity index is 378. The van der Waals surface area contributed by atoms with Crippen LogP contribution in [0.1, 0.15) is 49.4 Å². The van der Waals surface area contributed by atoms with Crippen molar-refractivity contribution < 1.29 is 9.21 Å². The van der Waals surface area contributed by atoms with E-state index in [1.165, 1.54) is 0 Å². The Labute approximate surface area is 97.0 Å². The minimum atomic E-state index is 0.178. The summed E-state index contributed by atoms with van der Waals surface area (Å²) in [6, 6.07) is 3.67. The van der Waals surface area contributed by atoms with Gasteiger partial charge in [-0.2, -0.15) is 0 Å². The number of rotatable bonds is 2. The third kappa shape index (κ3) is 2.21. The smallest absolute Gasteiger partial charge is 0.201 e. The van der Waals surface area contributed by atoms with Crippen molar-refractivity contribution in [1.29, 1.82) is 0 Å². The van der Waals surface area contributed by atoms with Crippen LogP contribution in [0.4, 0.5) is 0 Å². The first kappa shape index (κ1) is 11.4. The van der Waals surface area contributed by atoms with Gasteiger partial charge in [0.2, 0.25) is 5.78 Å². The van der Waals surface area contributed by atoms with Gasteiger partial charge >= 0.3 is 0 Å². The lowest BCUT2D eigenvalue weighted by atomic mass is 9.74. The van der Waals surface area contributed by atoms with Gasteiger partial charge in [0, 0.05) is 5.92 Å². The van der Waals surface area contributed by atoms with Gasteiger partial charge in [-0.05, 0) is 50.2 Å². The van der Waals surface area contributed by atoms with Crippen molar-refractivity contribution in [3.63, 3.8) is 0 Å². The van der Waals surface area contributed by atoms with Gasteiger partial charge in [0.25, 0.3) is 0 Å². The third-order valence-electron chi connectivity index (χ3n) is 3.95. The molecule has 0 saturated heterocycles. The first-order valence-electron chi connectivity index (χ1n) is 6.18. The zero-order valence-corrected chi connectivity index (χ0v) is 10.3. The van der Waals surface area contributed by atoms with Crippen molar-refractivity contribution in [2.75, 3.05) is 0 Å². The van der Waals surface area contributed by atoms with Crippen LogP contribution in [-0.4, -0.2) is 5.78 Å². The van der Waals surface area contributed by atoms with Crippen molar-refractivity contribution >= 4 is 5.78 Å². The molecule has 0 radical (unpaired) electrons. The first-order chi connectivity index (χ1) is 7.58. The van der Waals surface area contributed by atoms with E-state index in [0.717, 1.165) is 30.9 Å². The van der Waals surface area contributed by atoms with E-state index in [2.05, 4.69) is 13.8 Å². The van der Waals surface area contributed by atoms with Crippen LogP contribution in [0.5, 0.6) is 0 Å². The lowest BCUT2D eigenvalue weighted by molar-refractivity contribution is 0.0807. The average molecular weight is 220 g/mol. The number of furan rings is 1. The summed E-state index contributed by atoms with van der Waals surface area (Å²) in [5.41, 5.74) is 0. The van der Waals surface area contributed by atoms with Gasteiger partial charge < -0.3 is 4.42 Å². The third-order valence-corrected chi connectivity index (χ3v) is 3.95. The lowest BCUT2D eigenvalue weighted by Gasteiger charge is -2.30. The van der Waals surface area contributed by atoms with Gasteiger partial charge in [-0.15, -0.1) is 0 Å². The van der Waals surface area contributed by atoms with Crippen LogP contribution in [0.3, 0.4) is 0 Å². The zero-order valence-electron chi connectivity index (χ0n) is 10.3. The molecule has 0 bridgehead atoms. The highest BCUT2D eigenvalue weighted by Gasteiger charge is 2.30. The van der Waals surface area contributed by atoms with E-state index in [4.69, 9.17) is 4.42 Å². The van der Waals surface area contributed by atoms with Crippen LogP contribution in [0.25, 0.3) is 0 Å². The predicted molar refractivity (Wildman–Crippen MR) is 63.4 cm³/mol. The molecule has 3 atom stereocenters. The van der Waals surface area contributed by atoms with E-state index in [9.17, 15) is 4.79 Å². The molecule has 1 aliphatic rings. The Balaban J connectivity index is 2.06. The molecule has 1 fully saturated rings. The van der Waals surface area contributed by atoms with Crippen molar-refractivity contribution in [3.8, 4) is 0 Å². The summed E-state index contributed by atoms with van der Waals surface area (Å²) in [5, 5.41) is 0. The molecule has 1 aromatic heterocycles. The molecule has 2 nitrogen and oxygen atoms in total. The highest BCUT2D eigenvalue weighted by atomic mass is 16.3. The maximum atomic E-state index is 12.2. The molecule has 0 aromatic carbocycles. The Kier molecular flexibility index (Phi) is 3.17. The molecule has 0 aliphatic heterocycles. The molecule has 16 heavy (non-hydrogen) atoms. The second kappa shape index (κ2) is 4.44. The fourth-order valence-electron chi connectivity index (χ4n) is 2.55. The Morgan fingerprint density at radius 3 is 2.56 bits per heavy atom. The highest BCUT2D eigenvalue weighted by molar-refractivity contribution is 5.95. The average Bonchev–Trinajstić information content (AvgIpc) is 2.68. The predicted octanol–water partition coefficient (Wildman–Crippen LogP) is 3.84. The first-order valence-corrected chi connectivity index (χ1v) is 6.18. The number of carbonyl (C=O) groups excluding carboxylic acids is 1. The van der Waals surface area contributed by atoms with Gasteiger partial charge in [0.15, 0.2) is 5.76 Å². The fraction of sp³-hybridized carbons (Fsp3) is 0.643. The maximum Gasteiger partial charge on any atom is 0.201 e. The van der Waals surface area contributed by atoms with Crippen LogP contribution < -0.4 is 0 Å². The molecule has 1 aliphatic carbocycles. The number of aryl methyl sites for hydroxylation is 1. The molecule has 88 valence electrons. The van der Waals surface area contributed by atoms with E-state index in [-0.39, 0.29) is 11.7 Å². The van der Waals surface area contributed by atoms with Crippen LogP contribution in [0.15, 0.2) is 16.5 Å². The van der Waals surface area contributed by atoms with Gasteiger partial charge in [0.1, 0.15) is 5.76 Å². The van der Waals surface area contributed by atoms with Gasteiger partial charge in [-0.1, -0.05) is 13.8 Å². The number of ketones is 1. The standard InChI is InChI=1S/C14H20O2/c1-9-4-6-12(8-10(9)2)14(15)13-7-5-11(3)16-13/h5,7,9-10,12H,4,6,8H2,1-3H3. The summed E-state index contributed by atoms with van der Waals surface area (Å²) < 4.78 is 5.41. The quantitative estimate of drug-likeness (QED) is 0.709. The summed E-state index contributed by atoms with van der Waals surface area (Å²) in [6.07, 6.45) is 3.20. The maximum absolute atomic E-state index is 12.2. The topological polar surface area (TPSA) is 30.2 Å². The Morgan fingerprint density at radius 2 is 2.00 bits per heavy atom. The summed E-state index contributed by atoms with van der Waals surface area (Å²) in [4.78, 5) is 12.2. The van der Waals surface area contributed by atoms with Crippen LogP contribution in [-0.2, 0) is 0 Å². The van der Waals surface area contributed by atoms with E-state index >= 15 is 0 Å². The van der Waals surface area contributed by atoms with Crippen molar-refractivity contribution in [2.45, 2.75) is 40.0 Å². The van der Waals surface area contributed by atoms with E-state index in [1.54, 1.807) is 6.07 Å². The van der Waals surface area contributed by atoms with Gasteiger partial charge in [-0.3, -0.25) is 4.79 Å². The van der Waals surface area contributed by atoms with Crippen LogP contribution in [0, 0.1) is 24.7 Å². The Morgan fingerprint density at radius 1 is 1.25 bits per heavy atom. The van der Waals surface area contributed by atoms with Crippen LogP contribution >= 0.6 is 0 Å². The summed E-state index contributed by atoms with van der Waals surface area (Å²) in [6.45, 7) is 6.41. The molecule has 1 heterocycles. The molecule has 0 spiro atoms. The summed E-state index contributed by atoms with van der Waals surface area (Å²) >= 11 is 0. The van der Waals surface area contributed by atoms with E-state index in [1.807, 2.05) is 13.0 Å². The molecular weight excluding hydrogens is 200 g/mol.